The lowest BCUT2D eigenvalue weighted by molar-refractivity contribution is -0.262. The van der Waals surface area contributed by atoms with Gasteiger partial charge in [-0.2, -0.15) is 15.5 Å². The maximum absolute atomic E-state index is 13.3. The molecule has 3 rings (SSSR count). The molecule has 2 N–H and O–H groups in total. The summed E-state index contributed by atoms with van der Waals surface area (Å²) in [7, 11) is 0. The summed E-state index contributed by atoms with van der Waals surface area (Å²) in [6.07, 6.45) is 0. The Morgan fingerprint density at radius 3 is 2.07 bits per heavy atom. The normalized spacial score (nSPS) is 27.9. The summed E-state index contributed by atoms with van der Waals surface area (Å²) in [6, 6.07) is 12.4. The van der Waals surface area contributed by atoms with Crippen molar-refractivity contribution in [3.8, 4) is 12.1 Å². The van der Waals surface area contributed by atoms with Gasteiger partial charge in [-0.05, 0) is 27.7 Å². The number of fused-ring (bicyclic) bond motifs is 1. The SMILES string of the molecule is CC(C)=NOC1(ON=C(C)C)N=C(N)[C@]2(C#N)[C@@H](C(=O)c3ccccc3)[C@@]12C#N. The molecule has 9 heteroatoms. The number of nitrogens with zero attached hydrogens (tertiary/aromatic N) is 5. The van der Waals surface area contributed by atoms with Crippen LogP contribution in [-0.2, 0) is 9.68 Å². The average Bonchev–Trinajstić information content (AvgIpc) is 3.28. The molecule has 0 saturated heterocycles. The third-order valence-corrected chi connectivity index (χ3v) is 4.95. The van der Waals surface area contributed by atoms with Crippen LogP contribution >= 0.6 is 0 Å². The summed E-state index contributed by atoms with van der Waals surface area (Å²) in [5.74, 6) is -3.96. The third-order valence-electron chi connectivity index (χ3n) is 4.95. The zero-order chi connectivity index (χ0) is 21.4. The van der Waals surface area contributed by atoms with Gasteiger partial charge in [-0.1, -0.05) is 40.6 Å². The molecule has 3 atom stereocenters. The van der Waals surface area contributed by atoms with Crippen LogP contribution < -0.4 is 5.73 Å². The van der Waals surface area contributed by atoms with Crippen LogP contribution in [0.25, 0.3) is 0 Å². The van der Waals surface area contributed by atoms with Crippen LogP contribution in [-0.4, -0.2) is 29.0 Å². The van der Waals surface area contributed by atoms with Gasteiger partial charge >= 0.3 is 5.91 Å². The highest BCUT2D eigenvalue weighted by Crippen LogP contribution is 2.78. The van der Waals surface area contributed by atoms with Crippen molar-refractivity contribution in [2.75, 3.05) is 0 Å². The van der Waals surface area contributed by atoms with E-state index in [2.05, 4.69) is 15.3 Å². The Labute approximate surface area is 168 Å². The molecule has 1 aromatic carbocycles. The van der Waals surface area contributed by atoms with Gasteiger partial charge in [0.1, 0.15) is 5.84 Å². The molecule has 148 valence electrons. The Kier molecular flexibility index (Phi) is 4.63. The first-order valence-corrected chi connectivity index (χ1v) is 8.88. The van der Waals surface area contributed by atoms with Crippen LogP contribution in [0.4, 0.5) is 0 Å². The number of aliphatic imine (C=N–C) groups is 1. The molecule has 0 radical (unpaired) electrons. The average molecular weight is 392 g/mol. The van der Waals surface area contributed by atoms with Gasteiger partial charge in [0.2, 0.25) is 5.41 Å². The number of nitrogens with two attached hydrogens (primary N) is 1. The number of hydrogen-bond donors (Lipinski definition) is 1. The van der Waals surface area contributed by atoms with Crippen molar-refractivity contribution in [3.63, 3.8) is 0 Å². The van der Waals surface area contributed by atoms with Crippen molar-refractivity contribution in [1.82, 2.24) is 0 Å². The minimum absolute atomic E-state index is 0.219. The number of ketones is 1. The summed E-state index contributed by atoms with van der Waals surface area (Å²) in [4.78, 5) is 28.5. The quantitative estimate of drug-likeness (QED) is 0.340. The minimum atomic E-state index is -2.16. The molecule has 0 amide bonds. The maximum atomic E-state index is 13.3. The van der Waals surface area contributed by atoms with E-state index in [-0.39, 0.29) is 5.84 Å². The molecule has 2 aliphatic rings. The highest BCUT2D eigenvalue weighted by molar-refractivity contribution is 6.12. The molecule has 1 aliphatic heterocycles. The second-order valence-electron chi connectivity index (χ2n) is 7.34. The first-order valence-electron chi connectivity index (χ1n) is 8.88. The molecular weight excluding hydrogens is 372 g/mol. The molecule has 0 aromatic heterocycles. The fraction of sp³-hybridized carbons (Fsp3) is 0.400. The fourth-order valence-electron chi connectivity index (χ4n) is 3.69. The van der Waals surface area contributed by atoms with Crippen LogP contribution in [0.3, 0.4) is 0 Å². The van der Waals surface area contributed by atoms with Gasteiger partial charge in [-0.15, -0.1) is 0 Å². The van der Waals surface area contributed by atoms with Crippen molar-refractivity contribution in [1.29, 1.82) is 10.5 Å². The molecule has 1 aliphatic carbocycles. The van der Waals surface area contributed by atoms with E-state index < -0.39 is 28.4 Å². The van der Waals surface area contributed by atoms with Crippen molar-refractivity contribution in [3.05, 3.63) is 35.9 Å². The standard InChI is InChI=1S/C20H20N6O3/c1-12(2)25-28-20(29-26-13(3)4)19(11-22)16(18(19,10-21)17(23)24-20)15(27)14-8-6-5-7-9-14/h5-9,16H,1-4H3,(H2,23,24)/t16-,18+,19-/m1/s1. The Balaban J connectivity index is 2.20. The summed E-state index contributed by atoms with van der Waals surface area (Å²) in [5, 5.41) is 27.9. The lowest BCUT2D eigenvalue weighted by Crippen LogP contribution is -2.42. The monoisotopic (exact) mass is 392 g/mol. The van der Waals surface area contributed by atoms with E-state index in [0.29, 0.717) is 17.0 Å². The molecule has 9 nitrogen and oxygen atoms in total. The number of benzene rings is 1. The molecular formula is C20H20N6O3. The van der Waals surface area contributed by atoms with Crippen LogP contribution in [0.1, 0.15) is 38.1 Å². The van der Waals surface area contributed by atoms with E-state index in [1.165, 1.54) is 0 Å². The summed E-state index contributed by atoms with van der Waals surface area (Å²) < 4.78 is 0. The van der Waals surface area contributed by atoms with Crippen LogP contribution in [0.5, 0.6) is 0 Å². The number of rotatable bonds is 6. The second-order valence-corrected chi connectivity index (χ2v) is 7.34. The van der Waals surface area contributed by atoms with Gasteiger partial charge in [-0.25, -0.2) is 0 Å². The number of carbonyl (C=O) groups excluding carboxylic acids is 1. The predicted octanol–water partition coefficient (Wildman–Crippen LogP) is 2.37. The molecule has 0 unspecified atom stereocenters. The fourth-order valence-corrected chi connectivity index (χ4v) is 3.69. The highest BCUT2D eigenvalue weighted by atomic mass is 16.8. The topological polar surface area (TPSA) is 146 Å². The molecule has 1 saturated carbocycles. The summed E-state index contributed by atoms with van der Waals surface area (Å²) in [5.41, 5.74) is 3.89. The predicted molar refractivity (Wildman–Crippen MR) is 104 cm³/mol. The Hall–Kier alpha value is -3.72. The number of carbonyl (C=O) groups is 1. The van der Waals surface area contributed by atoms with E-state index >= 15 is 0 Å². The van der Waals surface area contributed by atoms with Gasteiger partial charge in [0.25, 0.3) is 0 Å². The Bertz CT molecular complexity index is 1000. The van der Waals surface area contributed by atoms with E-state index in [4.69, 9.17) is 15.4 Å². The molecule has 0 bridgehead atoms. The van der Waals surface area contributed by atoms with E-state index in [1.54, 1.807) is 58.0 Å². The highest BCUT2D eigenvalue weighted by Gasteiger charge is 2.97. The summed E-state index contributed by atoms with van der Waals surface area (Å²) in [6.45, 7) is 6.67. The first kappa shape index (κ1) is 20.0. The number of hydrogen-bond acceptors (Lipinski definition) is 9. The Morgan fingerprint density at radius 2 is 1.62 bits per heavy atom. The van der Waals surface area contributed by atoms with E-state index in [1.807, 2.05) is 12.1 Å². The Morgan fingerprint density at radius 1 is 1.07 bits per heavy atom. The third kappa shape index (κ3) is 2.51. The van der Waals surface area contributed by atoms with Crippen molar-refractivity contribution in [2.24, 2.45) is 37.8 Å². The van der Waals surface area contributed by atoms with Crippen molar-refractivity contribution >= 4 is 23.0 Å². The van der Waals surface area contributed by atoms with Gasteiger partial charge < -0.3 is 15.4 Å². The largest absolute Gasteiger partial charge is 0.421 e. The number of Topliss-reactive ketones (excluding diaryl/α,β-unsaturated/α-hetero) is 1. The molecule has 29 heavy (non-hydrogen) atoms. The van der Waals surface area contributed by atoms with E-state index in [9.17, 15) is 15.3 Å². The van der Waals surface area contributed by atoms with Gasteiger partial charge in [0, 0.05) is 5.56 Å². The van der Waals surface area contributed by atoms with Gasteiger partial charge in [-0.3, -0.25) is 4.79 Å². The second kappa shape index (κ2) is 6.71. The first-order chi connectivity index (χ1) is 13.7. The molecule has 0 spiro atoms. The van der Waals surface area contributed by atoms with Gasteiger partial charge in [0.05, 0.1) is 29.5 Å². The molecule has 1 aromatic rings. The number of amidine groups is 1. The van der Waals surface area contributed by atoms with E-state index in [0.717, 1.165) is 0 Å². The van der Waals surface area contributed by atoms with Crippen molar-refractivity contribution < 1.29 is 14.5 Å². The number of oxime groups is 2. The molecule has 1 heterocycles. The lowest BCUT2D eigenvalue weighted by atomic mass is 9.94. The maximum Gasteiger partial charge on any atom is 0.421 e. The lowest BCUT2D eigenvalue weighted by Gasteiger charge is -2.27. The van der Waals surface area contributed by atoms with Crippen LogP contribution in [0, 0.1) is 39.4 Å². The van der Waals surface area contributed by atoms with Crippen LogP contribution in [0.15, 0.2) is 45.6 Å². The minimum Gasteiger partial charge on any atom is -0.386 e. The number of nitriles is 2. The van der Waals surface area contributed by atoms with Crippen molar-refractivity contribution in [2.45, 2.75) is 33.6 Å². The zero-order valence-corrected chi connectivity index (χ0v) is 16.5. The molecule has 1 fully saturated rings. The van der Waals surface area contributed by atoms with Crippen LogP contribution in [0.2, 0.25) is 0 Å². The summed E-state index contributed by atoms with van der Waals surface area (Å²) >= 11 is 0. The smallest absolute Gasteiger partial charge is 0.386 e. The van der Waals surface area contributed by atoms with Gasteiger partial charge in [0.15, 0.2) is 11.2 Å². The zero-order valence-electron chi connectivity index (χ0n) is 16.5.